The Kier molecular flexibility index (Phi) is 5.86. The van der Waals surface area contributed by atoms with E-state index in [9.17, 15) is 9.90 Å². The van der Waals surface area contributed by atoms with Gasteiger partial charge in [0.25, 0.3) is 0 Å². The predicted octanol–water partition coefficient (Wildman–Crippen LogP) is 3.24. The van der Waals surface area contributed by atoms with Gasteiger partial charge in [-0.15, -0.1) is 0 Å². The molecule has 0 fully saturated rings. The molecule has 1 unspecified atom stereocenters. The Morgan fingerprint density at radius 3 is 2.06 bits per heavy atom. The third-order valence-electron chi connectivity index (χ3n) is 3.01. The lowest BCUT2D eigenvalue weighted by Crippen LogP contribution is -2.35. The number of carboxylic acids is 1. The normalized spacial score (nSPS) is 12.7. The molecule has 0 aromatic heterocycles. The molecule has 1 N–H and O–H groups in total. The molecule has 0 aliphatic heterocycles. The summed E-state index contributed by atoms with van der Waals surface area (Å²) in [6.07, 6.45) is 1.94. The van der Waals surface area contributed by atoms with Gasteiger partial charge in [-0.25, -0.2) is 0 Å². The Morgan fingerprint density at radius 2 is 1.67 bits per heavy atom. The zero-order valence-electron chi connectivity index (χ0n) is 11.5. The van der Waals surface area contributed by atoms with Gasteiger partial charge in [0.2, 0.25) is 0 Å². The van der Waals surface area contributed by atoms with Crippen LogP contribution in [0.25, 0.3) is 0 Å². The van der Waals surface area contributed by atoms with Crippen molar-refractivity contribution in [3.63, 3.8) is 0 Å². The average molecular weight is 249 g/mol. The minimum atomic E-state index is -0.763. The zero-order valence-corrected chi connectivity index (χ0v) is 11.5. The van der Waals surface area contributed by atoms with Gasteiger partial charge in [-0.3, -0.25) is 9.69 Å². The highest BCUT2D eigenvalue weighted by Gasteiger charge is 2.25. The van der Waals surface area contributed by atoms with Gasteiger partial charge in [0, 0.05) is 0 Å². The average Bonchev–Trinajstić information content (AvgIpc) is 2.32. The summed E-state index contributed by atoms with van der Waals surface area (Å²) in [6.45, 7) is 7.81. The van der Waals surface area contributed by atoms with Gasteiger partial charge in [-0.05, 0) is 38.4 Å². The van der Waals surface area contributed by atoms with Gasteiger partial charge in [-0.2, -0.15) is 0 Å². The molecule has 0 heterocycles. The van der Waals surface area contributed by atoms with E-state index in [1.807, 2.05) is 36.1 Å². The summed E-state index contributed by atoms with van der Waals surface area (Å²) in [7, 11) is 0. The van der Waals surface area contributed by atoms with Crippen LogP contribution >= 0.6 is 0 Å². The topological polar surface area (TPSA) is 40.5 Å². The summed E-state index contributed by atoms with van der Waals surface area (Å²) >= 11 is 0. The third-order valence-corrected chi connectivity index (χ3v) is 3.01. The lowest BCUT2D eigenvalue weighted by Gasteiger charge is -2.28. The second-order valence-corrected chi connectivity index (χ2v) is 4.69. The van der Waals surface area contributed by atoms with E-state index in [4.69, 9.17) is 0 Å². The van der Waals surface area contributed by atoms with E-state index >= 15 is 0 Å². The first-order valence-corrected chi connectivity index (χ1v) is 6.63. The molecule has 1 atom stereocenters. The van der Waals surface area contributed by atoms with Crippen LogP contribution in [0.2, 0.25) is 0 Å². The van der Waals surface area contributed by atoms with Crippen LogP contribution in [-0.4, -0.2) is 29.1 Å². The summed E-state index contributed by atoms with van der Waals surface area (Å²) in [5.41, 5.74) is 2.02. The molecular formula is C15H23NO2. The van der Waals surface area contributed by atoms with Crippen molar-refractivity contribution in [3.8, 4) is 0 Å². The van der Waals surface area contributed by atoms with Crippen LogP contribution in [-0.2, 0) is 4.79 Å². The summed E-state index contributed by atoms with van der Waals surface area (Å²) in [4.78, 5) is 13.6. The van der Waals surface area contributed by atoms with Crippen molar-refractivity contribution in [3.05, 3.63) is 35.4 Å². The van der Waals surface area contributed by atoms with Crippen molar-refractivity contribution < 1.29 is 9.90 Å². The maximum Gasteiger partial charge on any atom is 0.325 e. The largest absolute Gasteiger partial charge is 0.480 e. The van der Waals surface area contributed by atoms with E-state index in [1.54, 1.807) is 0 Å². The molecule has 0 saturated heterocycles. The molecule has 0 bridgehead atoms. The van der Waals surface area contributed by atoms with E-state index < -0.39 is 12.0 Å². The molecule has 1 aromatic carbocycles. The van der Waals surface area contributed by atoms with Crippen molar-refractivity contribution in [2.75, 3.05) is 13.1 Å². The lowest BCUT2D eigenvalue weighted by molar-refractivity contribution is -0.143. The molecular weight excluding hydrogens is 226 g/mol. The number of carbonyl (C=O) groups is 1. The standard InChI is InChI=1S/C15H23NO2/c1-4-10-16(11-5-2)14(15(17)18)13-8-6-12(3)7-9-13/h6-9,14H,4-5,10-11H2,1-3H3,(H,17,18). The number of aliphatic carboxylic acids is 1. The van der Waals surface area contributed by atoms with Crippen LogP contribution < -0.4 is 0 Å². The molecule has 0 spiro atoms. The maximum absolute atomic E-state index is 11.5. The number of aryl methyl sites for hydroxylation is 1. The Hall–Kier alpha value is -1.35. The van der Waals surface area contributed by atoms with Crippen LogP contribution in [0.4, 0.5) is 0 Å². The SMILES string of the molecule is CCCN(CCC)C(C(=O)O)c1ccc(C)cc1. The fraction of sp³-hybridized carbons (Fsp3) is 0.533. The second kappa shape index (κ2) is 7.17. The first-order valence-electron chi connectivity index (χ1n) is 6.63. The van der Waals surface area contributed by atoms with E-state index in [0.29, 0.717) is 0 Å². The van der Waals surface area contributed by atoms with Crippen molar-refractivity contribution >= 4 is 5.97 Å². The molecule has 0 aliphatic carbocycles. The van der Waals surface area contributed by atoms with Crippen LogP contribution in [0.15, 0.2) is 24.3 Å². The predicted molar refractivity (Wildman–Crippen MR) is 73.7 cm³/mol. The third kappa shape index (κ3) is 3.84. The van der Waals surface area contributed by atoms with Crippen molar-refractivity contribution in [1.29, 1.82) is 0 Å². The molecule has 0 amide bonds. The first kappa shape index (κ1) is 14.7. The number of hydrogen-bond acceptors (Lipinski definition) is 2. The van der Waals surface area contributed by atoms with E-state index in [0.717, 1.165) is 37.1 Å². The first-order chi connectivity index (χ1) is 8.60. The number of rotatable bonds is 7. The Bertz CT molecular complexity index is 367. The zero-order chi connectivity index (χ0) is 13.5. The lowest BCUT2D eigenvalue weighted by atomic mass is 10.0. The molecule has 0 saturated carbocycles. The number of hydrogen-bond donors (Lipinski definition) is 1. The molecule has 3 heteroatoms. The fourth-order valence-electron chi connectivity index (χ4n) is 2.20. The van der Waals surface area contributed by atoms with Gasteiger partial charge >= 0.3 is 5.97 Å². The van der Waals surface area contributed by atoms with Crippen LogP contribution in [0.5, 0.6) is 0 Å². The smallest absolute Gasteiger partial charge is 0.325 e. The van der Waals surface area contributed by atoms with Crippen molar-refractivity contribution in [2.45, 2.75) is 39.7 Å². The van der Waals surface area contributed by atoms with E-state index in [1.165, 1.54) is 0 Å². The minimum Gasteiger partial charge on any atom is -0.480 e. The van der Waals surface area contributed by atoms with Gasteiger partial charge < -0.3 is 5.11 Å². The molecule has 3 nitrogen and oxygen atoms in total. The van der Waals surface area contributed by atoms with Crippen LogP contribution in [0.3, 0.4) is 0 Å². The fourth-order valence-corrected chi connectivity index (χ4v) is 2.20. The van der Waals surface area contributed by atoms with Gasteiger partial charge in [0.05, 0.1) is 0 Å². The molecule has 100 valence electrons. The molecule has 0 radical (unpaired) electrons. The molecule has 18 heavy (non-hydrogen) atoms. The van der Waals surface area contributed by atoms with E-state index in [2.05, 4.69) is 13.8 Å². The molecule has 1 rings (SSSR count). The quantitative estimate of drug-likeness (QED) is 0.806. The van der Waals surface area contributed by atoms with Crippen LogP contribution in [0.1, 0.15) is 43.9 Å². The number of carboxylic acid groups (broad SMARTS) is 1. The van der Waals surface area contributed by atoms with Gasteiger partial charge in [0.1, 0.15) is 6.04 Å². The van der Waals surface area contributed by atoms with Crippen LogP contribution in [0, 0.1) is 6.92 Å². The van der Waals surface area contributed by atoms with E-state index in [-0.39, 0.29) is 0 Å². The maximum atomic E-state index is 11.5. The highest BCUT2D eigenvalue weighted by atomic mass is 16.4. The second-order valence-electron chi connectivity index (χ2n) is 4.69. The summed E-state index contributed by atoms with van der Waals surface area (Å²) in [5.74, 6) is -0.763. The molecule has 0 aliphatic rings. The summed E-state index contributed by atoms with van der Waals surface area (Å²) < 4.78 is 0. The van der Waals surface area contributed by atoms with Crippen molar-refractivity contribution in [1.82, 2.24) is 4.90 Å². The van der Waals surface area contributed by atoms with Crippen molar-refractivity contribution in [2.24, 2.45) is 0 Å². The highest BCUT2D eigenvalue weighted by molar-refractivity contribution is 5.75. The number of benzene rings is 1. The summed E-state index contributed by atoms with van der Waals surface area (Å²) in [6, 6.07) is 7.27. The Balaban J connectivity index is 2.99. The minimum absolute atomic E-state index is 0.523. The Labute approximate surface area is 109 Å². The summed E-state index contributed by atoms with van der Waals surface area (Å²) in [5, 5.41) is 9.48. The monoisotopic (exact) mass is 249 g/mol. The van der Waals surface area contributed by atoms with Gasteiger partial charge in [0.15, 0.2) is 0 Å². The highest BCUT2D eigenvalue weighted by Crippen LogP contribution is 2.22. The Morgan fingerprint density at radius 1 is 1.17 bits per heavy atom. The molecule has 1 aromatic rings. The van der Waals surface area contributed by atoms with Gasteiger partial charge in [-0.1, -0.05) is 43.7 Å². The number of nitrogens with zero attached hydrogens (tertiary/aromatic N) is 1.